The highest BCUT2D eigenvalue weighted by molar-refractivity contribution is 4.87. The Labute approximate surface area is 91.1 Å². The number of nitrogens with two attached hydrogens (primary N) is 1. The number of fused-ring (bicyclic) bond motifs is 3. The van der Waals surface area contributed by atoms with Crippen molar-refractivity contribution >= 4 is 0 Å². The molecule has 4 heteroatoms. The van der Waals surface area contributed by atoms with E-state index in [2.05, 4.69) is 20.8 Å². The first-order valence-corrected chi connectivity index (χ1v) is 5.51. The maximum absolute atomic E-state index is 5.71. The highest BCUT2D eigenvalue weighted by Gasteiger charge is 2.52. The molecule has 3 aliphatic rings. The molecule has 2 bridgehead atoms. The fraction of sp³-hybridized carbons (Fsp3) is 1.00. The van der Waals surface area contributed by atoms with Crippen molar-refractivity contribution in [3.63, 3.8) is 0 Å². The minimum absolute atomic E-state index is 0.0227. The van der Waals surface area contributed by atoms with E-state index < -0.39 is 5.97 Å². The molecule has 0 saturated carbocycles. The van der Waals surface area contributed by atoms with E-state index in [4.69, 9.17) is 19.9 Å². The molecule has 3 saturated heterocycles. The lowest BCUT2D eigenvalue weighted by Gasteiger charge is -2.52. The van der Waals surface area contributed by atoms with Gasteiger partial charge in [-0.05, 0) is 12.0 Å². The lowest BCUT2D eigenvalue weighted by Crippen LogP contribution is -2.60. The summed E-state index contributed by atoms with van der Waals surface area (Å²) in [5.74, 6) is -0.833. The molecule has 3 fully saturated rings. The summed E-state index contributed by atoms with van der Waals surface area (Å²) in [5.41, 5.74) is 5.72. The van der Waals surface area contributed by atoms with Gasteiger partial charge in [0, 0.05) is 11.8 Å². The summed E-state index contributed by atoms with van der Waals surface area (Å²) in [7, 11) is 0. The van der Waals surface area contributed by atoms with E-state index in [-0.39, 0.29) is 10.8 Å². The molecular formula is C11H21NO3. The number of hydrogen-bond acceptors (Lipinski definition) is 4. The van der Waals surface area contributed by atoms with Crippen LogP contribution < -0.4 is 5.73 Å². The summed E-state index contributed by atoms with van der Waals surface area (Å²) < 4.78 is 17.1. The van der Waals surface area contributed by atoms with Gasteiger partial charge in [-0.3, -0.25) is 0 Å². The zero-order valence-corrected chi connectivity index (χ0v) is 9.84. The van der Waals surface area contributed by atoms with Crippen LogP contribution >= 0.6 is 0 Å². The number of hydrogen-bond donors (Lipinski definition) is 1. The second-order valence-corrected chi connectivity index (χ2v) is 5.90. The van der Waals surface area contributed by atoms with Crippen LogP contribution in [0.1, 0.15) is 27.2 Å². The second kappa shape index (κ2) is 3.42. The van der Waals surface area contributed by atoms with Crippen LogP contribution in [0.5, 0.6) is 0 Å². The summed E-state index contributed by atoms with van der Waals surface area (Å²) in [6, 6.07) is 0. The smallest absolute Gasteiger partial charge is 0.283 e. The standard InChI is InChI=1S/C11H21NO3/c1-9(2,5-12)4-11-13-6-10(3,7-14-11)8-15-11/h4-8,12H2,1-3H3. The van der Waals surface area contributed by atoms with Crippen molar-refractivity contribution in [1.82, 2.24) is 0 Å². The largest absolute Gasteiger partial charge is 0.330 e. The van der Waals surface area contributed by atoms with Gasteiger partial charge in [0.25, 0.3) is 5.97 Å². The molecular weight excluding hydrogens is 194 g/mol. The lowest BCUT2D eigenvalue weighted by molar-refractivity contribution is -0.472. The predicted octanol–water partition coefficient (Wildman–Crippen LogP) is 1.10. The van der Waals surface area contributed by atoms with Crippen molar-refractivity contribution in [1.29, 1.82) is 0 Å². The van der Waals surface area contributed by atoms with Crippen LogP contribution in [-0.4, -0.2) is 32.3 Å². The average molecular weight is 215 g/mol. The molecule has 3 aliphatic heterocycles. The third-order valence-corrected chi connectivity index (χ3v) is 3.17. The molecule has 4 nitrogen and oxygen atoms in total. The van der Waals surface area contributed by atoms with E-state index in [1.165, 1.54) is 0 Å². The van der Waals surface area contributed by atoms with E-state index in [0.717, 1.165) is 0 Å². The van der Waals surface area contributed by atoms with E-state index in [0.29, 0.717) is 32.8 Å². The van der Waals surface area contributed by atoms with E-state index in [9.17, 15) is 0 Å². The van der Waals surface area contributed by atoms with Crippen LogP contribution in [0, 0.1) is 10.8 Å². The second-order valence-electron chi connectivity index (χ2n) is 5.90. The van der Waals surface area contributed by atoms with Gasteiger partial charge in [0.05, 0.1) is 19.8 Å². The molecule has 3 heterocycles. The van der Waals surface area contributed by atoms with Crippen LogP contribution in [0.15, 0.2) is 0 Å². The van der Waals surface area contributed by atoms with Crippen LogP contribution in [0.25, 0.3) is 0 Å². The lowest BCUT2D eigenvalue weighted by atomic mass is 9.85. The van der Waals surface area contributed by atoms with Crippen molar-refractivity contribution in [2.75, 3.05) is 26.4 Å². The molecule has 3 rings (SSSR count). The molecule has 88 valence electrons. The first-order chi connectivity index (χ1) is 6.89. The minimum Gasteiger partial charge on any atom is -0.330 e. The van der Waals surface area contributed by atoms with Gasteiger partial charge in [0.1, 0.15) is 0 Å². The Bertz CT molecular complexity index is 228. The van der Waals surface area contributed by atoms with Gasteiger partial charge < -0.3 is 19.9 Å². The summed E-state index contributed by atoms with van der Waals surface area (Å²) in [5, 5.41) is 0. The molecule has 0 atom stereocenters. The SMILES string of the molecule is CC(C)(CN)CC12OCC(C)(CO1)CO2. The van der Waals surface area contributed by atoms with Gasteiger partial charge >= 0.3 is 0 Å². The monoisotopic (exact) mass is 215 g/mol. The third-order valence-electron chi connectivity index (χ3n) is 3.17. The van der Waals surface area contributed by atoms with Crippen molar-refractivity contribution in [3.05, 3.63) is 0 Å². The van der Waals surface area contributed by atoms with Crippen LogP contribution in [0.4, 0.5) is 0 Å². The van der Waals surface area contributed by atoms with Crippen molar-refractivity contribution in [2.45, 2.75) is 33.2 Å². The molecule has 2 N–H and O–H groups in total. The highest BCUT2D eigenvalue weighted by atomic mass is 16.9. The summed E-state index contributed by atoms with van der Waals surface area (Å²) in [6.07, 6.45) is 0.687. The molecule has 0 spiro atoms. The number of ether oxygens (including phenoxy) is 3. The third kappa shape index (κ3) is 2.18. The molecule has 0 aliphatic carbocycles. The Morgan fingerprint density at radius 2 is 1.60 bits per heavy atom. The highest BCUT2D eigenvalue weighted by Crippen LogP contribution is 2.43. The average Bonchev–Trinajstić information content (AvgIpc) is 2.20. The molecule has 0 unspecified atom stereocenters. The Morgan fingerprint density at radius 3 is 2.00 bits per heavy atom. The topological polar surface area (TPSA) is 53.7 Å². The first kappa shape index (κ1) is 11.3. The maximum Gasteiger partial charge on any atom is 0.283 e. The molecule has 0 amide bonds. The Balaban J connectivity index is 2.04. The maximum atomic E-state index is 5.71. The van der Waals surface area contributed by atoms with E-state index in [1.54, 1.807) is 0 Å². The van der Waals surface area contributed by atoms with Crippen molar-refractivity contribution < 1.29 is 14.2 Å². The number of rotatable bonds is 3. The van der Waals surface area contributed by atoms with Gasteiger partial charge in [0.2, 0.25) is 0 Å². The predicted molar refractivity (Wildman–Crippen MR) is 56.1 cm³/mol. The summed E-state index contributed by atoms with van der Waals surface area (Å²) >= 11 is 0. The normalized spacial score (nSPS) is 40.8. The van der Waals surface area contributed by atoms with Gasteiger partial charge in [0.15, 0.2) is 0 Å². The molecule has 0 aromatic heterocycles. The van der Waals surface area contributed by atoms with Gasteiger partial charge in [-0.25, -0.2) is 0 Å². The molecule has 0 aromatic carbocycles. The fourth-order valence-electron chi connectivity index (χ4n) is 1.91. The Kier molecular flexibility index (Phi) is 2.58. The van der Waals surface area contributed by atoms with Gasteiger partial charge in [-0.1, -0.05) is 20.8 Å². The summed E-state index contributed by atoms with van der Waals surface area (Å²) in [4.78, 5) is 0. The Morgan fingerprint density at radius 1 is 1.13 bits per heavy atom. The van der Waals surface area contributed by atoms with Crippen LogP contribution in [0.2, 0.25) is 0 Å². The van der Waals surface area contributed by atoms with E-state index >= 15 is 0 Å². The molecule has 0 radical (unpaired) electrons. The van der Waals surface area contributed by atoms with Crippen LogP contribution in [-0.2, 0) is 14.2 Å². The Hall–Kier alpha value is -0.160. The summed E-state index contributed by atoms with van der Waals surface area (Å²) in [6.45, 7) is 9.06. The van der Waals surface area contributed by atoms with Crippen molar-refractivity contribution in [3.8, 4) is 0 Å². The minimum atomic E-state index is -0.833. The molecule has 0 aromatic rings. The quantitative estimate of drug-likeness (QED) is 0.766. The zero-order valence-electron chi connectivity index (χ0n) is 9.84. The molecule has 15 heavy (non-hydrogen) atoms. The first-order valence-electron chi connectivity index (χ1n) is 5.51. The van der Waals surface area contributed by atoms with Crippen LogP contribution in [0.3, 0.4) is 0 Å². The van der Waals surface area contributed by atoms with E-state index in [1.807, 2.05) is 0 Å². The fourth-order valence-corrected chi connectivity index (χ4v) is 1.91. The van der Waals surface area contributed by atoms with Gasteiger partial charge in [-0.2, -0.15) is 0 Å². The zero-order chi connectivity index (χ0) is 11.2. The van der Waals surface area contributed by atoms with Gasteiger partial charge in [-0.15, -0.1) is 0 Å². The van der Waals surface area contributed by atoms with Crippen molar-refractivity contribution in [2.24, 2.45) is 16.6 Å².